The van der Waals surface area contributed by atoms with Crippen LogP contribution in [-0.2, 0) is 10.5 Å². The first-order valence-electron chi connectivity index (χ1n) is 6.85. The van der Waals surface area contributed by atoms with E-state index in [0.717, 1.165) is 10.6 Å². The number of carbonyl (C=O) groups excluding carboxylic acids is 1. The highest BCUT2D eigenvalue weighted by Gasteiger charge is 2.09. The Hall–Kier alpha value is -1.94. The fourth-order valence-electron chi connectivity index (χ4n) is 1.98. The number of rotatable bonds is 5. The van der Waals surface area contributed by atoms with Crippen molar-refractivity contribution < 1.29 is 9.53 Å². The molecule has 0 saturated heterocycles. The molecule has 2 rings (SSSR count). The number of esters is 1. The molecule has 0 unspecified atom stereocenters. The summed E-state index contributed by atoms with van der Waals surface area (Å²) < 4.78 is 4.96. The van der Waals surface area contributed by atoms with Gasteiger partial charge in [-0.2, -0.15) is 0 Å². The van der Waals surface area contributed by atoms with Gasteiger partial charge in [0.05, 0.1) is 12.2 Å². The fraction of sp³-hybridized carbons (Fsp3) is 0.235. The maximum absolute atomic E-state index is 11.6. The molecule has 4 heteroatoms. The number of hydrogen-bond acceptors (Lipinski definition) is 4. The topological polar surface area (TPSA) is 52.3 Å². The quantitative estimate of drug-likeness (QED) is 0.514. The molecular weight excluding hydrogens is 282 g/mol. The van der Waals surface area contributed by atoms with Crippen LogP contribution in [0.3, 0.4) is 0 Å². The third-order valence-electron chi connectivity index (χ3n) is 3.00. The van der Waals surface area contributed by atoms with Crippen molar-refractivity contribution >= 4 is 23.4 Å². The van der Waals surface area contributed by atoms with Gasteiger partial charge < -0.3 is 10.5 Å². The maximum Gasteiger partial charge on any atom is 0.338 e. The Morgan fingerprint density at radius 1 is 1.24 bits per heavy atom. The summed E-state index contributed by atoms with van der Waals surface area (Å²) in [6.45, 7) is 4.23. The monoisotopic (exact) mass is 301 g/mol. The molecule has 0 fully saturated rings. The molecule has 0 amide bonds. The Labute approximate surface area is 129 Å². The first-order chi connectivity index (χ1) is 10.1. The zero-order valence-corrected chi connectivity index (χ0v) is 13.1. The van der Waals surface area contributed by atoms with Crippen LogP contribution in [0, 0.1) is 6.92 Å². The second kappa shape index (κ2) is 7.18. The summed E-state index contributed by atoms with van der Waals surface area (Å²) in [5, 5.41) is 0. The number of aryl methyl sites for hydroxylation is 1. The molecule has 0 aliphatic heterocycles. The molecule has 2 aromatic carbocycles. The van der Waals surface area contributed by atoms with Crippen LogP contribution >= 0.6 is 11.8 Å². The number of hydrogen-bond donors (Lipinski definition) is 1. The number of anilines is 1. The van der Waals surface area contributed by atoms with E-state index in [0.29, 0.717) is 17.9 Å². The van der Waals surface area contributed by atoms with Crippen LogP contribution in [0.5, 0.6) is 0 Å². The van der Waals surface area contributed by atoms with Crippen LogP contribution in [0.2, 0.25) is 0 Å². The van der Waals surface area contributed by atoms with Gasteiger partial charge in [-0.05, 0) is 37.6 Å². The molecule has 110 valence electrons. The predicted octanol–water partition coefficient (Wildman–Crippen LogP) is 4.05. The lowest BCUT2D eigenvalue weighted by Gasteiger charge is -2.08. The largest absolute Gasteiger partial charge is 0.462 e. The van der Waals surface area contributed by atoms with Crippen molar-refractivity contribution in [2.45, 2.75) is 24.5 Å². The molecule has 0 radical (unpaired) electrons. The van der Waals surface area contributed by atoms with E-state index in [1.807, 2.05) is 6.07 Å². The van der Waals surface area contributed by atoms with Crippen molar-refractivity contribution in [3.8, 4) is 0 Å². The minimum absolute atomic E-state index is 0.334. The van der Waals surface area contributed by atoms with Crippen molar-refractivity contribution in [1.82, 2.24) is 0 Å². The molecule has 0 bridgehead atoms. The molecule has 0 aliphatic rings. The minimum Gasteiger partial charge on any atom is -0.462 e. The molecule has 21 heavy (non-hydrogen) atoms. The summed E-state index contributed by atoms with van der Waals surface area (Å²) in [5.74, 6) is 0.518. The SMILES string of the molecule is CCOC(=O)c1ccc(SCc2cccc(C)c2)c(N)c1. The van der Waals surface area contributed by atoms with Crippen LogP contribution < -0.4 is 5.73 Å². The van der Waals surface area contributed by atoms with Gasteiger partial charge in [0.15, 0.2) is 0 Å². The Morgan fingerprint density at radius 3 is 2.71 bits per heavy atom. The smallest absolute Gasteiger partial charge is 0.338 e. The van der Waals surface area contributed by atoms with Gasteiger partial charge in [-0.25, -0.2) is 4.79 Å². The standard InChI is InChI=1S/C17H19NO2S/c1-3-20-17(19)14-7-8-16(15(18)10-14)21-11-13-6-4-5-12(2)9-13/h4-10H,3,11,18H2,1-2H3. The lowest BCUT2D eigenvalue weighted by molar-refractivity contribution is 0.0526. The molecule has 0 atom stereocenters. The summed E-state index contributed by atoms with van der Waals surface area (Å²) in [7, 11) is 0. The van der Waals surface area contributed by atoms with Crippen LogP contribution in [0.25, 0.3) is 0 Å². The summed E-state index contributed by atoms with van der Waals surface area (Å²) >= 11 is 1.67. The zero-order chi connectivity index (χ0) is 15.2. The van der Waals surface area contributed by atoms with E-state index in [2.05, 4.69) is 31.2 Å². The highest BCUT2D eigenvalue weighted by atomic mass is 32.2. The summed E-state index contributed by atoms with van der Waals surface area (Å²) in [4.78, 5) is 12.6. The second-order valence-corrected chi connectivity index (χ2v) is 5.77. The van der Waals surface area contributed by atoms with Crippen molar-refractivity contribution in [2.75, 3.05) is 12.3 Å². The van der Waals surface area contributed by atoms with E-state index < -0.39 is 0 Å². The molecule has 2 aromatic rings. The van der Waals surface area contributed by atoms with Crippen LogP contribution in [0.1, 0.15) is 28.4 Å². The van der Waals surface area contributed by atoms with E-state index in [1.165, 1.54) is 11.1 Å². The number of nitrogen functional groups attached to an aromatic ring is 1. The first-order valence-corrected chi connectivity index (χ1v) is 7.83. The van der Waals surface area contributed by atoms with E-state index >= 15 is 0 Å². The summed E-state index contributed by atoms with van der Waals surface area (Å²) in [5.41, 5.74) is 9.63. The lowest BCUT2D eigenvalue weighted by Crippen LogP contribution is -2.05. The average molecular weight is 301 g/mol. The van der Waals surface area contributed by atoms with Crippen LogP contribution in [0.15, 0.2) is 47.4 Å². The molecule has 0 saturated carbocycles. The number of thioether (sulfide) groups is 1. The van der Waals surface area contributed by atoms with E-state index in [9.17, 15) is 4.79 Å². The lowest BCUT2D eigenvalue weighted by atomic mass is 10.2. The second-order valence-electron chi connectivity index (χ2n) is 4.75. The number of nitrogens with two attached hydrogens (primary N) is 1. The van der Waals surface area contributed by atoms with Gasteiger partial charge >= 0.3 is 5.97 Å². The number of ether oxygens (including phenoxy) is 1. The van der Waals surface area contributed by atoms with E-state index in [4.69, 9.17) is 10.5 Å². The van der Waals surface area contributed by atoms with Gasteiger partial charge in [0, 0.05) is 16.3 Å². The van der Waals surface area contributed by atoms with Crippen LogP contribution in [-0.4, -0.2) is 12.6 Å². The van der Waals surface area contributed by atoms with Gasteiger partial charge in [0.2, 0.25) is 0 Å². The van der Waals surface area contributed by atoms with Crippen molar-refractivity contribution in [1.29, 1.82) is 0 Å². The third-order valence-corrected chi connectivity index (χ3v) is 4.16. The first kappa shape index (κ1) is 15.4. The third kappa shape index (κ3) is 4.26. The van der Waals surface area contributed by atoms with Gasteiger partial charge in [-0.3, -0.25) is 0 Å². The highest BCUT2D eigenvalue weighted by molar-refractivity contribution is 7.98. The Morgan fingerprint density at radius 2 is 2.05 bits per heavy atom. The molecule has 0 heterocycles. The van der Waals surface area contributed by atoms with Gasteiger partial charge in [-0.15, -0.1) is 11.8 Å². The number of benzene rings is 2. The number of carbonyl (C=O) groups is 1. The molecule has 2 N–H and O–H groups in total. The Balaban J connectivity index is 2.06. The molecule has 0 spiro atoms. The van der Waals surface area contributed by atoms with Crippen molar-refractivity contribution in [2.24, 2.45) is 0 Å². The minimum atomic E-state index is -0.334. The summed E-state index contributed by atoms with van der Waals surface area (Å²) in [6, 6.07) is 13.7. The van der Waals surface area contributed by atoms with Gasteiger partial charge in [0.25, 0.3) is 0 Å². The zero-order valence-electron chi connectivity index (χ0n) is 12.3. The molecule has 0 aliphatic carbocycles. The Bertz CT molecular complexity index is 640. The van der Waals surface area contributed by atoms with Crippen molar-refractivity contribution in [3.05, 3.63) is 59.2 Å². The van der Waals surface area contributed by atoms with Crippen LogP contribution in [0.4, 0.5) is 5.69 Å². The van der Waals surface area contributed by atoms with Gasteiger partial charge in [0.1, 0.15) is 0 Å². The fourth-order valence-corrected chi connectivity index (χ4v) is 2.88. The molecule has 3 nitrogen and oxygen atoms in total. The maximum atomic E-state index is 11.6. The molecule has 0 aromatic heterocycles. The van der Waals surface area contributed by atoms with Crippen molar-refractivity contribution in [3.63, 3.8) is 0 Å². The molecular formula is C17H19NO2S. The normalized spacial score (nSPS) is 10.4. The van der Waals surface area contributed by atoms with E-state index in [1.54, 1.807) is 30.8 Å². The average Bonchev–Trinajstić information content (AvgIpc) is 2.46. The summed E-state index contributed by atoms with van der Waals surface area (Å²) in [6.07, 6.45) is 0. The van der Waals surface area contributed by atoms with Gasteiger partial charge in [-0.1, -0.05) is 29.8 Å². The highest BCUT2D eigenvalue weighted by Crippen LogP contribution is 2.29. The Kier molecular flexibility index (Phi) is 5.28. The predicted molar refractivity (Wildman–Crippen MR) is 87.6 cm³/mol. The van der Waals surface area contributed by atoms with E-state index in [-0.39, 0.29) is 5.97 Å².